The average molecular weight is 441 g/mol. The Morgan fingerprint density at radius 1 is 1.06 bits per heavy atom. The Kier molecular flexibility index (Phi) is 6.34. The number of H-pyrrole nitrogens is 1. The number of imidazole rings is 1. The van der Waals surface area contributed by atoms with Crippen LogP contribution < -0.4 is 10.2 Å². The molecule has 1 fully saturated rings. The topological polar surface area (TPSA) is 81.3 Å². The van der Waals surface area contributed by atoms with E-state index in [1.54, 1.807) is 4.90 Å². The molecule has 1 aliphatic rings. The van der Waals surface area contributed by atoms with Gasteiger partial charge in [-0.3, -0.25) is 9.59 Å². The Labute approximate surface area is 184 Å². The predicted molar refractivity (Wildman–Crippen MR) is 117 cm³/mol. The third kappa shape index (κ3) is 4.71. The van der Waals surface area contributed by atoms with Crippen molar-refractivity contribution in [3.05, 3.63) is 59.7 Å². The minimum Gasteiger partial charge on any atom is -0.349 e. The van der Waals surface area contributed by atoms with E-state index in [1.165, 1.54) is 13.0 Å². The van der Waals surface area contributed by atoms with Crippen LogP contribution >= 0.6 is 0 Å². The lowest BCUT2D eigenvalue weighted by molar-refractivity contribution is -0.131. The Bertz CT molecular complexity index is 1080. The summed E-state index contributed by atoms with van der Waals surface area (Å²) in [5, 5.41) is 2.52. The van der Waals surface area contributed by atoms with Crippen molar-refractivity contribution >= 4 is 28.8 Å². The van der Waals surface area contributed by atoms with Crippen LogP contribution in [0.3, 0.4) is 0 Å². The largest absolute Gasteiger partial charge is 0.349 e. The van der Waals surface area contributed by atoms with Crippen molar-refractivity contribution < 1.29 is 18.4 Å². The van der Waals surface area contributed by atoms with Gasteiger partial charge in [-0.1, -0.05) is 18.2 Å². The number of hydrogen-bond donors (Lipinski definition) is 2. The zero-order chi connectivity index (χ0) is 22.7. The molecule has 2 N–H and O–H groups in total. The number of nitrogens with zero attached hydrogens (tertiary/aromatic N) is 3. The van der Waals surface area contributed by atoms with E-state index in [1.807, 2.05) is 24.3 Å². The van der Waals surface area contributed by atoms with Crippen molar-refractivity contribution in [2.75, 3.05) is 31.1 Å². The number of para-hydroxylation sites is 2. The van der Waals surface area contributed by atoms with Gasteiger partial charge in [0.25, 0.3) is 0 Å². The van der Waals surface area contributed by atoms with Gasteiger partial charge in [0.1, 0.15) is 11.6 Å². The fourth-order valence-corrected chi connectivity index (χ4v) is 4.09. The van der Waals surface area contributed by atoms with E-state index in [4.69, 9.17) is 0 Å². The molecule has 0 spiro atoms. The molecule has 3 aromatic rings. The first-order valence-electron chi connectivity index (χ1n) is 10.6. The summed E-state index contributed by atoms with van der Waals surface area (Å²) in [6, 6.07) is 10.2. The Morgan fingerprint density at radius 3 is 2.53 bits per heavy atom. The molecule has 1 atom stereocenters. The monoisotopic (exact) mass is 441 g/mol. The lowest BCUT2D eigenvalue weighted by Gasteiger charge is -2.25. The molecule has 7 nitrogen and oxygen atoms in total. The van der Waals surface area contributed by atoms with Crippen LogP contribution in [0.25, 0.3) is 11.0 Å². The first kappa shape index (κ1) is 21.7. The summed E-state index contributed by atoms with van der Waals surface area (Å²) in [5.74, 6) is -1.55. The highest BCUT2D eigenvalue weighted by Gasteiger charge is 2.27. The molecule has 1 unspecified atom stereocenters. The van der Waals surface area contributed by atoms with E-state index in [9.17, 15) is 18.4 Å². The molecule has 0 aliphatic carbocycles. The summed E-state index contributed by atoms with van der Waals surface area (Å²) >= 11 is 0. The molecule has 168 valence electrons. The molecule has 1 aromatic heterocycles. The van der Waals surface area contributed by atoms with Crippen LogP contribution in [0.1, 0.15) is 31.4 Å². The molecular formula is C23H25F2N5O2. The second-order valence-corrected chi connectivity index (χ2v) is 7.89. The molecule has 0 saturated carbocycles. The van der Waals surface area contributed by atoms with E-state index in [0.29, 0.717) is 19.6 Å². The van der Waals surface area contributed by atoms with Gasteiger partial charge in [-0.2, -0.15) is 0 Å². The fourth-order valence-electron chi connectivity index (χ4n) is 4.09. The van der Waals surface area contributed by atoms with Gasteiger partial charge in [-0.05, 0) is 30.7 Å². The minimum absolute atomic E-state index is 0.220. The van der Waals surface area contributed by atoms with E-state index in [-0.39, 0.29) is 17.9 Å². The summed E-state index contributed by atoms with van der Waals surface area (Å²) in [6.45, 7) is 3.52. The van der Waals surface area contributed by atoms with Crippen LogP contribution in [0.2, 0.25) is 0 Å². The SMILES string of the molecule is CC(=O)NC(CC(=O)N1CCCN(c2nc3ccccc3[nH]2)CC1)c1c(F)cccc1F. The molecule has 4 rings (SSSR count). The van der Waals surface area contributed by atoms with Gasteiger partial charge in [0.05, 0.1) is 23.5 Å². The van der Waals surface area contributed by atoms with E-state index in [0.717, 1.165) is 42.1 Å². The molecule has 32 heavy (non-hydrogen) atoms. The zero-order valence-corrected chi connectivity index (χ0v) is 17.8. The summed E-state index contributed by atoms with van der Waals surface area (Å²) in [7, 11) is 0. The number of rotatable bonds is 5. The van der Waals surface area contributed by atoms with Gasteiger partial charge in [-0.25, -0.2) is 13.8 Å². The zero-order valence-electron chi connectivity index (χ0n) is 17.8. The van der Waals surface area contributed by atoms with Crippen molar-refractivity contribution in [3.63, 3.8) is 0 Å². The molecular weight excluding hydrogens is 416 g/mol. The molecule has 0 radical (unpaired) electrons. The van der Waals surface area contributed by atoms with Crippen LogP contribution in [-0.4, -0.2) is 52.9 Å². The van der Waals surface area contributed by atoms with Crippen LogP contribution in [0, 0.1) is 11.6 Å². The number of amides is 2. The summed E-state index contributed by atoms with van der Waals surface area (Å²) in [4.78, 5) is 36.3. The Morgan fingerprint density at radius 2 is 1.81 bits per heavy atom. The number of aromatic nitrogens is 2. The third-order valence-corrected chi connectivity index (χ3v) is 5.63. The number of carbonyl (C=O) groups excluding carboxylic acids is 2. The summed E-state index contributed by atoms with van der Waals surface area (Å²) in [5.41, 5.74) is 1.53. The van der Waals surface area contributed by atoms with Crippen molar-refractivity contribution in [2.24, 2.45) is 0 Å². The molecule has 2 amide bonds. The maximum absolute atomic E-state index is 14.3. The maximum atomic E-state index is 14.3. The minimum atomic E-state index is -1.07. The second-order valence-electron chi connectivity index (χ2n) is 7.89. The van der Waals surface area contributed by atoms with Crippen LogP contribution in [0.5, 0.6) is 0 Å². The number of carbonyl (C=O) groups is 2. The van der Waals surface area contributed by atoms with Gasteiger partial charge < -0.3 is 20.1 Å². The van der Waals surface area contributed by atoms with Gasteiger partial charge in [-0.15, -0.1) is 0 Å². The van der Waals surface area contributed by atoms with Crippen molar-refractivity contribution in [1.82, 2.24) is 20.2 Å². The smallest absolute Gasteiger partial charge is 0.225 e. The van der Waals surface area contributed by atoms with Gasteiger partial charge in [0.2, 0.25) is 17.8 Å². The molecule has 2 heterocycles. The molecule has 1 aliphatic heterocycles. The van der Waals surface area contributed by atoms with E-state index in [2.05, 4.69) is 20.2 Å². The number of hydrogen-bond acceptors (Lipinski definition) is 4. The number of halogens is 2. The van der Waals surface area contributed by atoms with E-state index >= 15 is 0 Å². The summed E-state index contributed by atoms with van der Waals surface area (Å²) < 4.78 is 28.6. The molecule has 0 bridgehead atoms. The van der Waals surface area contributed by atoms with Crippen molar-refractivity contribution in [3.8, 4) is 0 Å². The first-order valence-corrected chi connectivity index (χ1v) is 10.6. The fraction of sp³-hybridized carbons (Fsp3) is 0.348. The van der Waals surface area contributed by atoms with Gasteiger partial charge in [0.15, 0.2) is 0 Å². The average Bonchev–Trinajstić information content (AvgIpc) is 3.02. The van der Waals surface area contributed by atoms with Crippen LogP contribution in [-0.2, 0) is 9.59 Å². The molecule has 1 saturated heterocycles. The number of nitrogens with one attached hydrogen (secondary N) is 2. The van der Waals surface area contributed by atoms with Crippen LogP contribution in [0.4, 0.5) is 14.7 Å². The maximum Gasteiger partial charge on any atom is 0.225 e. The predicted octanol–water partition coefficient (Wildman–Crippen LogP) is 3.15. The first-order chi connectivity index (χ1) is 15.4. The standard InChI is InChI=1S/C23H25F2N5O2/c1-15(31)26-20(22-16(24)6-4-7-17(22)25)14-21(32)29-10-5-11-30(13-12-29)23-27-18-8-2-3-9-19(18)28-23/h2-4,6-9,20H,5,10-14H2,1H3,(H,26,31)(H,27,28). The highest BCUT2D eigenvalue weighted by molar-refractivity contribution is 5.80. The number of fused-ring (bicyclic) bond motifs is 1. The highest BCUT2D eigenvalue weighted by atomic mass is 19.1. The van der Waals surface area contributed by atoms with E-state index < -0.39 is 23.6 Å². The molecule has 2 aromatic carbocycles. The van der Waals surface area contributed by atoms with Crippen LogP contribution in [0.15, 0.2) is 42.5 Å². The van der Waals surface area contributed by atoms with Crippen molar-refractivity contribution in [1.29, 1.82) is 0 Å². The van der Waals surface area contributed by atoms with Gasteiger partial charge >= 0.3 is 0 Å². The van der Waals surface area contributed by atoms with Gasteiger partial charge in [0, 0.05) is 38.7 Å². The number of aromatic amines is 1. The molecule has 9 heteroatoms. The highest BCUT2D eigenvalue weighted by Crippen LogP contribution is 2.25. The van der Waals surface area contributed by atoms with Crippen molar-refractivity contribution in [2.45, 2.75) is 25.8 Å². The lowest BCUT2D eigenvalue weighted by Crippen LogP contribution is -2.38. The number of anilines is 1. The summed E-state index contributed by atoms with van der Waals surface area (Å²) in [6.07, 6.45) is 0.504. The quantitative estimate of drug-likeness (QED) is 0.638. The number of benzene rings is 2. The second kappa shape index (κ2) is 9.33. The Balaban J connectivity index is 1.46. The third-order valence-electron chi connectivity index (χ3n) is 5.63. The Hall–Kier alpha value is -3.49. The lowest BCUT2D eigenvalue weighted by atomic mass is 10.0. The normalized spacial score (nSPS) is 15.5.